The van der Waals surface area contributed by atoms with Gasteiger partial charge < -0.3 is 15.8 Å². The van der Waals surface area contributed by atoms with E-state index in [1.165, 1.54) is 0 Å². The molecule has 1 atom stereocenters. The predicted octanol–water partition coefficient (Wildman–Crippen LogP) is 0.987. The van der Waals surface area contributed by atoms with Gasteiger partial charge in [-0.05, 0) is 13.0 Å². The molecular weight excluding hydrogens is 178 g/mol. The molecule has 1 aromatic heterocycles. The lowest BCUT2D eigenvalue weighted by molar-refractivity contribution is 0.129. The Morgan fingerprint density at radius 1 is 1.64 bits per heavy atom. The quantitative estimate of drug-likeness (QED) is 0.735. The number of aromatic nitrogens is 1. The third-order valence-electron chi connectivity index (χ3n) is 2.11. The first kappa shape index (κ1) is 10.9. The van der Waals surface area contributed by atoms with Crippen molar-refractivity contribution in [2.75, 3.05) is 19.0 Å². The number of methoxy groups -OCH3 is 1. The van der Waals surface area contributed by atoms with E-state index in [0.29, 0.717) is 6.54 Å². The molecule has 0 spiro atoms. The van der Waals surface area contributed by atoms with Gasteiger partial charge in [-0.2, -0.15) is 0 Å². The fourth-order valence-electron chi connectivity index (χ4n) is 1.10. The summed E-state index contributed by atoms with van der Waals surface area (Å²) in [5, 5.41) is 3.27. The van der Waals surface area contributed by atoms with Gasteiger partial charge in [0.15, 0.2) is 0 Å². The molecule has 0 saturated heterocycles. The smallest absolute Gasteiger partial charge is 0.0715 e. The molecule has 3 N–H and O–H groups in total. The van der Waals surface area contributed by atoms with E-state index in [1.807, 2.05) is 13.0 Å². The molecule has 1 aromatic rings. The van der Waals surface area contributed by atoms with Gasteiger partial charge in [0.25, 0.3) is 0 Å². The first-order valence-electron chi connectivity index (χ1n) is 4.67. The van der Waals surface area contributed by atoms with Crippen LogP contribution >= 0.6 is 0 Å². The minimum atomic E-state index is 0.189. The zero-order chi connectivity index (χ0) is 10.4. The van der Waals surface area contributed by atoms with Crippen LogP contribution in [0.3, 0.4) is 0 Å². The Morgan fingerprint density at radius 2 is 2.43 bits per heavy atom. The van der Waals surface area contributed by atoms with Gasteiger partial charge in [0.05, 0.1) is 6.10 Å². The van der Waals surface area contributed by atoms with E-state index < -0.39 is 0 Å². The van der Waals surface area contributed by atoms with Gasteiger partial charge in [-0.3, -0.25) is 4.98 Å². The molecule has 1 rings (SSSR count). The van der Waals surface area contributed by atoms with Crippen molar-refractivity contribution in [2.45, 2.75) is 19.6 Å². The average molecular weight is 195 g/mol. The molecule has 0 aliphatic carbocycles. The minimum absolute atomic E-state index is 0.189. The van der Waals surface area contributed by atoms with Crippen molar-refractivity contribution in [3.8, 4) is 0 Å². The zero-order valence-corrected chi connectivity index (χ0v) is 8.66. The van der Waals surface area contributed by atoms with Crippen LogP contribution in [0.1, 0.15) is 12.5 Å². The summed E-state index contributed by atoms with van der Waals surface area (Å²) in [5.74, 6) is 0. The maximum absolute atomic E-state index is 5.58. The first-order valence-corrected chi connectivity index (χ1v) is 4.67. The van der Waals surface area contributed by atoms with E-state index in [1.54, 1.807) is 19.5 Å². The molecule has 0 radical (unpaired) electrons. The summed E-state index contributed by atoms with van der Waals surface area (Å²) < 4.78 is 5.14. The minimum Gasteiger partial charge on any atom is -0.382 e. The largest absolute Gasteiger partial charge is 0.382 e. The second-order valence-electron chi connectivity index (χ2n) is 3.16. The van der Waals surface area contributed by atoms with Crippen molar-refractivity contribution in [3.63, 3.8) is 0 Å². The zero-order valence-electron chi connectivity index (χ0n) is 8.66. The lowest BCUT2D eigenvalue weighted by Gasteiger charge is -2.13. The van der Waals surface area contributed by atoms with Crippen LogP contribution in [0.4, 0.5) is 5.69 Å². The third-order valence-corrected chi connectivity index (χ3v) is 2.11. The Morgan fingerprint density at radius 3 is 3.07 bits per heavy atom. The Bertz CT molecular complexity index is 278. The van der Waals surface area contributed by atoms with Crippen LogP contribution in [-0.4, -0.2) is 24.7 Å². The molecule has 0 aliphatic rings. The van der Waals surface area contributed by atoms with Gasteiger partial charge in [-0.15, -0.1) is 0 Å². The molecule has 0 aromatic carbocycles. The van der Waals surface area contributed by atoms with E-state index in [0.717, 1.165) is 17.8 Å². The van der Waals surface area contributed by atoms with Gasteiger partial charge in [0.1, 0.15) is 0 Å². The average Bonchev–Trinajstić information content (AvgIpc) is 2.26. The van der Waals surface area contributed by atoms with E-state index in [-0.39, 0.29) is 6.10 Å². The van der Waals surface area contributed by atoms with E-state index in [9.17, 15) is 0 Å². The molecular formula is C10H17N3O. The Kier molecular flexibility index (Phi) is 4.35. The summed E-state index contributed by atoms with van der Waals surface area (Å²) >= 11 is 0. The van der Waals surface area contributed by atoms with Crippen LogP contribution in [0.25, 0.3) is 0 Å². The fraction of sp³-hybridized carbons (Fsp3) is 0.500. The molecule has 0 bridgehead atoms. The fourth-order valence-corrected chi connectivity index (χ4v) is 1.10. The second-order valence-corrected chi connectivity index (χ2v) is 3.16. The summed E-state index contributed by atoms with van der Waals surface area (Å²) in [6.45, 7) is 3.28. The highest BCUT2D eigenvalue weighted by Crippen LogP contribution is 2.12. The number of anilines is 1. The number of hydrogen-bond acceptors (Lipinski definition) is 4. The first-order chi connectivity index (χ1) is 6.77. The molecule has 1 unspecified atom stereocenters. The van der Waals surface area contributed by atoms with Crippen molar-refractivity contribution >= 4 is 5.69 Å². The SMILES string of the molecule is COC(C)CNc1ccncc1CN. The Hall–Kier alpha value is -1.13. The lowest BCUT2D eigenvalue weighted by Crippen LogP contribution is -2.19. The van der Waals surface area contributed by atoms with Crippen LogP contribution < -0.4 is 11.1 Å². The summed E-state index contributed by atoms with van der Waals surface area (Å²) in [6.07, 6.45) is 3.72. The summed E-state index contributed by atoms with van der Waals surface area (Å²) in [6, 6.07) is 1.92. The molecule has 0 amide bonds. The van der Waals surface area contributed by atoms with Crippen molar-refractivity contribution in [1.29, 1.82) is 0 Å². The molecule has 14 heavy (non-hydrogen) atoms. The maximum atomic E-state index is 5.58. The van der Waals surface area contributed by atoms with Gasteiger partial charge in [-0.25, -0.2) is 0 Å². The predicted molar refractivity (Wildman–Crippen MR) is 57.1 cm³/mol. The van der Waals surface area contributed by atoms with E-state index >= 15 is 0 Å². The lowest BCUT2D eigenvalue weighted by atomic mass is 10.2. The van der Waals surface area contributed by atoms with Crippen LogP contribution in [0.15, 0.2) is 18.5 Å². The highest BCUT2D eigenvalue weighted by molar-refractivity contribution is 5.49. The topological polar surface area (TPSA) is 60.2 Å². The number of nitrogens with two attached hydrogens (primary N) is 1. The van der Waals surface area contributed by atoms with Crippen molar-refractivity contribution in [2.24, 2.45) is 5.73 Å². The van der Waals surface area contributed by atoms with Gasteiger partial charge >= 0.3 is 0 Å². The van der Waals surface area contributed by atoms with Crippen molar-refractivity contribution in [3.05, 3.63) is 24.0 Å². The van der Waals surface area contributed by atoms with Crippen LogP contribution in [0, 0.1) is 0 Å². The number of hydrogen-bond donors (Lipinski definition) is 2. The number of ether oxygens (including phenoxy) is 1. The summed E-state index contributed by atoms with van der Waals surface area (Å²) in [7, 11) is 1.70. The van der Waals surface area contributed by atoms with Crippen LogP contribution in [0.2, 0.25) is 0 Å². The molecule has 0 fully saturated rings. The monoisotopic (exact) mass is 195 g/mol. The van der Waals surface area contributed by atoms with E-state index in [4.69, 9.17) is 10.5 Å². The number of rotatable bonds is 5. The molecule has 4 heteroatoms. The Labute approximate surface area is 84.5 Å². The maximum Gasteiger partial charge on any atom is 0.0715 e. The van der Waals surface area contributed by atoms with Crippen LogP contribution in [0.5, 0.6) is 0 Å². The summed E-state index contributed by atoms with van der Waals surface area (Å²) in [5.41, 5.74) is 7.64. The highest BCUT2D eigenvalue weighted by Gasteiger charge is 2.02. The van der Waals surface area contributed by atoms with Gasteiger partial charge in [0.2, 0.25) is 0 Å². The van der Waals surface area contributed by atoms with Crippen molar-refractivity contribution < 1.29 is 4.74 Å². The number of nitrogens with one attached hydrogen (secondary N) is 1. The highest BCUT2D eigenvalue weighted by atomic mass is 16.5. The normalized spacial score (nSPS) is 12.5. The summed E-state index contributed by atoms with van der Waals surface area (Å²) in [4.78, 5) is 4.01. The third kappa shape index (κ3) is 2.97. The molecule has 0 saturated carbocycles. The van der Waals surface area contributed by atoms with Crippen molar-refractivity contribution in [1.82, 2.24) is 4.98 Å². The molecule has 0 aliphatic heterocycles. The van der Waals surface area contributed by atoms with Gasteiger partial charge in [0, 0.05) is 43.8 Å². The molecule has 1 heterocycles. The molecule has 78 valence electrons. The number of pyridine rings is 1. The molecule has 4 nitrogen and oxygen atoms in total. The van der Waals surface area contributed by atoms with Crippen LogP contribution in [-0.2, 0) is 11.3 Å². The Balaban J connectivity index is 2.57. The number of nitrogens with zero attached hydrogens (tertiary/aromatic N) is 1. The van der Waals surface area contributed by atoms with Gasteiger partial charge in [-0.1, -0.05) is 0 Å². The standard InChI is InChI=1S/C10H17N3O/c1-8(14-2)6-13-10-3-4-12-7-9(10)5-11/h3-4,7-8H,5-6,11H2,1-2H3,(H,12,13). The van der Waals surface area contributed by atoms with E-state index in [2.05, 4.69) is 10.3 Å². The second kappa shape index (κ2) is 5.57.